The molecule has 3 rings (SSSR count). The van der Waals surface area contributed by atoms with Gasteiger partial charge in [0.1, 0.15) is 0 Å². The highest BCUT2D eigenvalue weighted by Crippen LogP contribution is 2.37. The predicted octanol–water partition coefficient (Wildman–Crippen LogP) is 6.80. The number of hydrogen-bond donors (Lipinski definition) is 1. The van der Waals surface area contributed by atoms with Crippen molar-refractivity contribution in [1.29, 1.82) is 0 Å². The van der Waals surface area contributed by atoms with Crippen LogP contribution in [0.15, 0.2) is 91.0 Å². The van der Waals surface area contributed by atoms with Gasteiger partial charge in [0.25, 0.3) is 0 Å². The molecule has 0 amide bonds. The standard InChI is InChI=1S/C27H33N.BrH/c28-20-12-4-11-19-27(21-24-13-5-1-6-14-24,22-25-15-7-2-8-16-25)23-26-17-9-3-10-18-26;/h1-3,5-10,13-18H,4,11-12,19-23,28H2;1H. The molecule has 2 heteroatoms. The smallest absolute Gasteiger partial charge is 0.00773 e. The van der Waals surface area contributed by atoms with Gasteiger partial charge in [0, 0.05) is 0 Å². The van der Waals surface area contributed by atoms with E-state index in [0.29, 0.717) is 0 Å². The molecule has 0 aliphatic heterocycles. The average Bonchev–Trinajstić information content (AvgIpc) is 2.73. The Morgan fingerprint density at radius 3 is 1.24 bits per heavy atom. The summed E-state index contributed by atoms with van der Waals surface area (Å²) in [5.74, 6) is 0. The molecule has 0 fully saturated rings. The van der Waals surface area contributed by atoms with E-state index in [0.717, 1.165) is 32.2 Å². The summed E-state index contributed by atoms with van der Waals surface area (Å²) in [5.41, 5.74) is 10.3. The zero-order valence-corrected chi connectivity index (χ0v) is 19.0. The molecule has 0 bridgehead atoms. The van der Waals surface area contributed by atoms with Crippen LogP contribution in [0.5, 0.6) is 0 Å². The van der Waals surface area contributed by atoms with Crippen LogP contribution in [0.4, 0.5) is 0 Å². The van der Waals surface area contributed by atoms with Gasteiger partial charge in [-0.3, -0.25) is 0 Å². The Bertz CT molecular complexity index is 685. The van der Waals surface area contributed by atoms with Crippen LogP contribution in [-0.2, 0) is 19.3 Å². The highest BCUT2D eigenvalue weighted by molar-refractivity contribution is 8.93. The molecular formula is C27H34BrN. The second-order valence-electron chi connectivity index (χ2n) is 8.09. The first-order chi connectivity index (χ1) is 13.8. The quantitative estimate of drug-likeness (QED) is 0.318. The molecule has 3 aromatic rings. The minimum absolute atomic E-state index is 0. The van der Waals surface area contributed by atoms with Gasteiger partial charge in [-0.25, -0.2) is 0 Å². The van der Waals surface area contributed by atoms with Crippen LogP contribution in [0.2, 0.25) is 0 Å². The second kappa shape index (κ2) is 12.6. The molecule has 3 aromatic carbocycles. The summed E-state index contributed by atoms with van der Waals surface area (Å²) in [4.78, 5) is 0. The lowest BCUT2D eigenvalue weighted by atomic mass is 9.69. The highest BCUT2D eigenvalue weighted by Gasteiger charge is 2.30. The molecule has 0 aromatic heterocycles. The van der Waals surface area contributed by atoms with Gasteiger partial charge in [0.05, 0.1) is 0 Å². The van der Waals surface area contributed by atoms with Crippen LogP contribution in [-0.4, -0.2) is 6.54 Å². The summed E-state index contributed by atoms with van der Waals surface area (Å²) in [6.45, 7) is 0.795. The zero-order chi connectivity index (χ0) is 19.5. The number of halogens is 1. The van der Waals surface area contributed by atoms with E-state index in [2.05, 4.69) is 91.0 Å². The predicted molar refractivity (Wildman–Crippen MR) is 131 cm³/mol. The van der Waals surface area contributed by atoms with Gasteiger partial charge in [-0.15, -0.1) is 17.0 Å². The Kier molecular flexibility index (Phi) is 10.2. The minimum atomic E-state index is 0. The number of nitrogens with two attached hydrogens (primary N) is 1. The summed E-state index contributed by atoms with van der Waals surface area (Å²) in [5, 5.41) is 0. The van der Waals surface area contributed by atoms with Gasteiger partial charge in [-0.2, -0.15) is 0 Å². The van der Waals surface area contributed by atoms with E-state index in [9.17, 15) is 0 Å². The van der Waals surface area contributed by atoms with E-state index in [-0.39, 0.29) is 22.4 Å². The van der Waals surface area contributed by atoms with Crippen LogP contribution in [0.1, 0.15) is 42.4 Å². The van der Waals surface area contributed by atoms with Crippen LogP contribution in [0.3, 0.4) is 0 Å². The number of benzene rings is 3. The maximum Gasteiger partial charge on any atom is -0.00773 e. The van der Waals surface area contributed by atoms with Gasteiger partial charge >= 0.3 is 0 Å². The maximum absolute atomic E-state index is 5.75. The lowest BCUT2D eigenvalue weighted by Gasteiger charge is -2.35. The van der Waals surface area contributed by atoms with Crippen LogP contribution >= 0.6 is 17.0 Å². The number of hydrogen-bond acceptors (Lipinski definition) is 1. The molecule has 29 heavy (non-hydrogen) atoms. The average molecular weight is 452 g/mol. The molecule has 0 saturated carbocycles. The van der Waals surface area contributed by atoms with E-state index in [4.69, 9.17) is 5.73 Å². The lowest BCUT2D eigenvalue weighted by Crippen LogP contribution is -2.30. The largest absolute Gasteiger partial charge is 0.330 e. The molecule has 0 saturated heterocycles. The maximum atomic E-state index is 5.75. The van der Waals surface area contributed by atoms with Crippen molar-refractivity contribution in [3.8, 4) is 0 Å². The second-order valence-corrected chi connectivity index (χ2v) is 8.09. The topological polar surface area (TPSA) is 26.0 Å². The highest BCUT2D eigenvalue weighted by atomic mass is 79.9. The Labute approximate surface area is 187 Å². The normalized spacial score (nSPS) is 11.1. The van der Waals surface area contributed by atoms with Crippen molar-refractivity contribution in [2.24, 2.45) is 11.1 Å². The van der Waals surface area contributed by atoms with Gasteiger partial charge in [0.2, 0.25) is 0 Å². The molecular weight excluding hydrogens is 418 g/mol. The zero-order valence-electron chi connectivity index (χ0n) is 17.3. The number of rotatable bonds is 11. The van der Waals surface area contributed by atoms with Crippen molar-refractivity contribution < 1.29 is 0 Å². The fourth-order valence-corrected chi connectivity index (χ4v) is 4.36. The van der Waals surface area contributed by atoms with E-state index < -0.39 is 0 Å². The molecule has 1 nitrogen and oxygen atoms in total. The fourth-order valence-electron chi connectivity index (χ4n) is 4.36. The van der Waals surface area contributed by atoms with Crippen LogP contribution < -0.4 is 5.73 Å². The van der Waals surface area contributed by atoms with Crippen molar-refractivity contribution in [2.45, 2.75) is 44.9 Å². The third-order valence-electron chi connectivity index (χ3n) is 5.68. The first-order valence-corrected chi connectivity index (χ1v) is 10.6. The van der Waals surface area contributed by atoms with Crippen LogP contribution in [0, 0.1) is 5.41 Å². The molecule has 0 atom stereocenters. The Balaban J connectivity index is 0.00000300. The molecule has 2 N–H and O–H groups in total. The molecule has 0 spiro atoms. The first-order valence-electron chi connectivity index (χ1n) is 10.6. The van der Waals surface area contributed by atoms with Crippen molar-refractivity contribution in [3.63, 3.8) is 0 Å². The van der Waals surface area contributed by atoms with Gasteiger partial charge in [-0.1, -0.05) is 104 Å². The fraction of sp³-hybridized carbons (Fsp3) is 0.333. The summed E-state index contributed by atoms with van der Waals surface area (Å²) < 4.78 is 0. The first kappa shape index (κ1) is 23.4. The minimum Gasteiger partial charge on any atom is -0.330 e. The lowest BCUT2D eigenvalue weighted by molar-refractivity contribution is 0.244. The van der Waals surface area contributed by atoms with Gasteiger partial charge in [-0.05, 0) is 60.8 Å². The third-order valence-corrected chi connectivity index (χ3v) is 5.68. The monoisotopic (exact) mass is 451 g/mol. The van der Waals surface area contributed by atoms with Crippen LogP contribution in [0.25, 0.3) is 0 Å². The third kappa shape index (κ3) is 7.79. The molecule has 0 unspecified atom stereocenters. The molecule has 0 aliphatic rings. The SMILES string of the molecule is Br.NCCCCCC(Cc1ccccc1)(Cc1ccccc1)Cc1ccccc1. The summed E-state index contributed by atoms with van der Waals surface area (Å²) >= 11 is 0. The Morgan fingerprint density at radius 1 is 0.517 bits per heavy atom. The van der Waals surface area contributed by atoms with E-state index in [1.807, 2.05) is 0 Å². The van der Waals surface area contributed by atoms with Crippen molar-refractivity contribution in [1.82, 2.24) is 0 Å². The molecule has 0 heterocycles. The van der Waals surface area contributed by atoms with Gasteiger partial charge < -0.3 is 5.73 Å². The van der Waals surface area contributed by atoms with Crippen molar-refractivity contribution in [3.05, 3.63) is 108 Å². The summed E-state index contributed by atoms with van der Waals surface area (Å²) in [6, 6.07) is 33.0. The van der Waals surface area contributed by atoms with Gasteiger partial charge in [0.15, 0.2) is 0 Å². The molecule has 0 radical (unpaired) electrons. The Hall–Kier alpha value is -1.90. The van der Waals surface area contributed by atoms with Crippen molar-refractivity contribution >= 4 is 17.0 Å². The van der Waals surface area contributed by atoms with E-state index >= 15 is 0 Å². The Morgan fingerprint density at radius 2 is 0.897 bits per heavy atom. The van der Waals surface area contributed by atoms with E-state index in [1.54, 1.807) is 0 Å². The van der Waals surface area contributed by atoms with E-state index in [1.165, 1.54) is 36.0 Å². The number of unbranched alkanes of at least 4 members (excludes halogenated alkanes) is 2. The molecule has 154 valence electrons. The summed E-state index contributed by atoms with van der Waals surface area (Å²) in [6.07, 6.45) is 8.14. The summed E-state index contributed by atoms with van der Waals surface area (Å²) in [7, 11) is 0. The molecule has 0 aliphatic carbocycles. The van der Waals surface area contributed by atoms with Crippen molar-refractivity contribution in [2.75, 3.05) is 6.54 Å².